The van der Waals surface area contributed by atoms with Gasteiger partial charge in [-0.25, -0.2) is 4.68 Å². The van der Waals surface area contributed by atoms with Crippen LogP contribution in [0.4, 0.5) is 5.82 Å². The molecular weight excluding hydrogens is 342 g/mol. The van der Waals surface area contributed by atoms with Crippen LogP contribution in [0.5, 0.6) is 11.6 Å². The second kappa shape index (κ2) is 7.85. The largest absolute Gasteiger partial charge is 0.497 e. The molecule has 10 heteroatoms. The molecule has 2 heterocycles. The van der Waals surface area contributed by atoms with Crippen molar-refractivity contribution in [1.82, 2.24) is 19.9 Å². The number of rotatable bonds is 8. The lowest BCUT2D eigenvalue weighted by Gasteiger charge is -2.01. The van der Waals surface area contributed by atoms with Gasteiger partial charge >= 0.3 is 0 Å². The van der Waals surface area contributed by atoms with Crippen LogP contribution in [0.15, 0.2) is 28.8 Å². The van der Waals surface area contributed by atoms with E-state index in [0.29, 0.717) is 17.1 Å². The van der Waals surface area contributed by atoms with Crippen molar-refractivity contribution in [2.75, 3.05) is 32.7 Å². The van der Waals surface area contributed by atoms with E-state index < -0.39 is 0 Å². The van der Waals surface area contributed by atoms with Crippen molar-refractivity contribution in [3.05, 3.63) is 24.3 Å². The van der Waals surface area contributed by atoms with Crippen molar-refractivity contribution in [3.8, 4) is 34.5 Å². The lowest BCUT2D eigenvalue weighted by Crippen LogP contribution is -2.08. The van der Waals surface area contributed by atoms with Gasteiger partial charge in [-0.15, -0.1) is 5.10 Å². The van der Waals surface area contributed by atoms with Gasteiger partial charge in [-0.05, 0) is 24.3 Å². The fraction of sp³-hybridized carbons (Fsp3) is 0.312. The van der Waals surface area contributed by atoms with Crippen LogP contribution < -0.4 is 15.2 Å². The number of nitrogen functional groups attached to an aromatic ring is 1. The number of benzene rings is 1. The number of aliphatic hydroxyl groups excluding tert-OH is 2. The maximum atomic E-state index is 9.13. The summed E-state index contributed by atoms with van der Waals surface area (Å²) >= 11 is 0. The highest BCUT2D eigenvalue weighted by Crippen LogP contribution is 2.35. The highest BCUT2D eigenvalue weighted by Gasteiger charge is 2.24. The summed E-state index contributed by atoms with van der Waals surface area (Å²) in [5.74, 6) is 1.58. The monoisotopic (exact) mass is 361 g/mol. The minimum atomic E-state index is -0.187. The second-order valence-electron chi connectivity index (χ2n) is 5.24. The molecule has 0 bridgehead atoms. The minimum Gasteiger partial charge on any atom is -0.497 e. The molecule has 0 atom stereocenters. The molecule has 0 saturated heterocycles. The molecule has 10 nitrogen and oxygen atoms in total. The Morgan fingerprint density at radius 2 is 1.96 bits per heavy atom. The Labute approximate surface area is 148 Å². The Morgan fingerprint density at radius 1 is 1.19 bits per heavy atom. The number of anilines is 1. The molecule has 26 heavy (non-hydrogen) atoms. The second-order valence-corrected chi connectivity index (χ2v) is 5.24. The van der Waals surface area contributed by atoms with E-state index in [2.05, 4.69) is 15.2 Å². The normalized spacial score (nSPS) is 10.9. The number of hydrogen-bond acceptors (Lipinski definition) is 9. The molecule has 0 aliphatic carbocycles. The van der Waals surface area contributed by atoms with Crippen molar-refractivity contribution in [2.24, 2.45) is 0 Å². The number of nitrogens with two attached hydrogens (primary N) is 1. The van der Waals surface area contributed by atoms with Gasteiger partial charge < -0.3 is 29.9 Å². The lowest BCUT2D eigenvalue weighted by atomic mass is 10.2. The van der Waals surface area contributed by atoms with Gasteiger partial charge in [0.25, 0.3) is 5.89 Å². The maximum Gasteiger partial charge on any atom is 0.267 e. The molecule has 0 aliphatic heterocycles. The molecule has 0 radical (unpaired) electrons. The van der Waals surface area contributed by atoms with Crippen molar-refractivity contribution in [3.63, 3.8) is 0 Å². The van der Waals surface area contributed by atoms with Gasteiger partial charge in [0.2, 0.25) is 11.7 Å². The topological polar surface area (TPSA) is 142 Å². The quantitative estimate of drug-likeness (QED) is 0.524. The SMILES string of the molecule is COc1ccc(-c2noc(-c3c(OCCO)nn(CCO)c3N)n2)cc1. The molecule has 2 aromatic heterocycles. The van der Waals surface area contributed by atoms with Gasteiger partial charge in [-0.2, -0.15) is 4.98 Å². The Bertz CT molecular complexity index is 859. The summed E-state index contributed by atoms with van der Waals surface area (Å²) in [7, 11) is 1.59. The molecule has 0 spiro atoms. The highest BCUT2D eigenvalue weighted by atomic mass is 16.5. The van der Waals surface area contributed by atoms with Gasteiger partial charge in [0, 0.05) is 5.56 Å². The zero-order valence-corrected chi connectivity index (χ0v) is 14.1. The van der Waals surface area contributed by atoms with E-state index in [4.69, 9.17) is 29.9 Å². The Kier molecular flexibility index (Phi) is 5.34. The predicted octanol–water partition coefficient (Wildman–Crippen LogP) is 0.554. The third-order valence-electron chi connectivity index (χ3n) is 3.59. The van der Waals surface area contributed by atoms with Crippen LogP contribution in [0.3, 0.4) is 0 Å². The molecule has 3 rings (SSSR count). The lowest BCUT2D eigenvalue weighted by molar-refractivity contribution is 0.194. The zero-order valence-electron chi connectivity index (χ0n) is 14.1. The van der Waals surface area contributed by atoms with Crippen LogP contribution in [0.25, 0.3) is 22.8 Å². The number of aromatic nitrogens is 4. The number of hydrogen-bond donors (Lipinski definition) is 3. The fourth-order valence-electron chi connectivity index (χ4n) is 2.34. The van der Waals surface area contributed by atoms with Gasteiger partial charge in [-0.3, -0.25) is 0 Å². The van der Waals surface area contributed by atoms with Crippen LogP contribution in [-0.4, -0.2) is 57.1 Å². The standard InChI is InChI=1S/C16H19N5O5/c1-24-11-4-2-10(3-5-11)14-18-15(26-20-14)12-13(17)21(6-7-22)19-16(12)25-9-8-23/h2-5,22-23H,6-9,17H2,1H3. The average Bonchev–Trinajstić information content (AvgIpc) is 3.25. The summed E-state index contributed by atoms with van der Waals surface area (Å²) in [4.78, 5) is 4.35. The van der Waals surface area contributed by atoms with Crippen molar-refractivity contribution in [2.45, 2.75) is 6.54 Å². The third-order valence-corrected chi connectivity index (χ3v) is 3.59. The van der Waals surface area contributed by atoms with E-state index in [1.807, 2.05) is 0 Å². The smallest absolute Gasteiger partial charge is 0.267 e. The molecule has 0 aliphatic rings. The van der Waals surface area contributed by atoms with Gasteiger partial charge in [0.1, 0.15) is 23.7 Å². The minimum absolute atomic E-state index is 0.0298. The molecule has 4 N–H and O–H groups in total. The van der Waals surface area contributed by atoms with Crippen molar-refractivity contribution in [1.29, 1.82) is 0 Å². The van der Waals surface area contributed by atoms with Crippen LogP contribution in [0.2, 0.25) is 0 Å². The highest BCUT2D eigenvalue weighted by molar-refractivity contribution is 5.74. The first-order valence-corrected chi connectivity index (χ1v) is 7.87. The molecule has 0 fully saturated rings. The summed E-state index contributed by atoms with van der Waals surface area (Å²) in [6, 6.07) is 7.17. The average molecular weight is 361 g/mol. The van der Waals surface area contributed by atoms with Crippen molar-refractivity contribution < 1.29 is 24.2 Å². The van der Waals surface area contributed by atoms with E-state index in [1.54, 1.807) is 31.4 Å². The van der Waals surface area contributed by atoms with Crippen LogP contribution in [-0.2, 0) is 6.54 Å². The van der Waals surface area contributed by atoms with Gasteiger partial charge in [-0.1, -0.05) is 5.16 Å². The third kappa shape index (κ3) is 3.46. The molecule has 0 unspecified atom stereocenters. The first-order chi connectivity index (χ1) is 12.7. The zero-order chi connectivity index (χ0) is 18.5. The van der Waals surface area contributed by atoms with Gasteiger partial charge in [0.05, 0.1) is 26.9 Å². The molecule has 3 aromatic rings. The Morgan fingerprint density at radius 3 is 2.62 bits per heavy atom. The van der Waals surface area contributed by atoms with E-state index in [1.165, 1.54) is 4.68 Å². The maximum absolute atomic E-state index is 9.13. The first kappa shape index (κ1) is 17.7. The summed E-state index contributed by atoms with van der Waals surface area (Å²) in [6.07, 6.45) is 0. The Hall–Kier alpha value is -3.11. The van der Waals surface area contributed by atoms with Crippen molar-refractivity contribution >= 4 is 5.82 Å². The first-order valence-electron chi connectivity index (χ1n) is 7.87. The molecule has 0 amide bonds. The summed E-state index contributed by atoms with van der Waals surface area (Å²) < 4.78 is 17.2. The molecule has 0 saturated carbocycles. The molecule has 1 aromatic carbocycles. The van der Waals surface area contributed by atoms with E-state index in [9.17, 15) is 0 Å². The molecule has 138 valence electrons. The Balaban J connectivity index is 1.96. The molecular formula is C16H19N5O5. The van der Waals surface area contributed by atoms with Crippen LogP contribution in [0, 0.1) is 0 Å². The number of methoxy groups -OCH3 is 1. The van der Waals surface area contributed by atoms with Crippen LogP contribution in [0.1, 0.15) is 0 Å². The van der Waals surface area contributed by atoms with E-state index in [0.717, 1.165) is 5.56 Å². The summed E-state index contributed by atoms with van der Waals surface area (Å²) in [5, 5.41) is 26.2. The van der Waals surface area contributed by atoms with Gasteiger partial charge in [0.15, 0.2) is 0 Å². The number of aliphatic hydroxyl groups is 2. The number of nitrogens with zero attached hydrogens (tertiary/aromatic N) is 4. The summed E-state index contributed by atoms with van der Waals surface area (Å²) in [5.41, 5.74) is 7.14. The fourth-order valence-corrected chi connectivity index (χ4v) is 2.34. The predicted molar refractivity (Wildman–Crippen MR) is 91.6 cm³/mol. The van der Waals surface area contributed by atoms with E-state index >= 15 is 0 Å². The van der Waals surface area contributed by atoms with E-state index in [-0.39, 0.29) is 44.0 Å². The van der Waals surface area contributed by atoms with Crippen LogP contribution >= 0.6 is 0 Å². The number of ether oxygens (including phenoxy) is 2. The summed E-state index contributed by atoms with van der Waals surface area (Å²) in [6.45, 7) is -0.123.